The standard InChI is InChI=1S/C18H22N4O3/c1-4-11(2)15-17(23)22(18(24)20-15)12(3)16-19-14(21-25-16)10-13-8-6-5-7-9-13/h5-9,11-12,15H,4,10H2,1-3H3,(H,20,24)/t11-,12?,15-/m0/s1. The Kier molecular flexibility index (Phi) is 4.83. The van der Waals surface area contributed by atoms with E-state index in [1.807, 2.05) is 44.2 Å². The van der Waals surface area contributed by atoms with Crippen molar-refractivity contribution < 1.29 is 14.1 Å². The van der Waals surface area contributed by atoms with Gasteiger partial charge in [-0.25, -0.2) is 4.79 Å². The van der Waals surface area contributed by atoms with Crippen LogP contribution in [0.25, 0.3) is 0 Å². The first-order valence-electron chi connectivity index (χ1n) is 8.51. The zero-order valence-corrected chi connectivity index (χ0v) is 14.6. The first-order chi connectivity index (χ1) is 12.0. The summed E-state index contributed by atoms with van der Waals surface area (Å²) in [6, 6.07) is 8.29. The van der Waals surface area contributed by atoms with Crippen LogP contribution >= 0.6 is 0 Å². The number of nitrogens with zero attached hydrogens (tertiary/aromatic N) is 3. The van der Waals surface area contributed by atoms with Crippen molar-refractivity contribution in [2.75, 3.05) is 0 Å². The molecular formula is C18H22N4O3. The molecule has 3 rings (SSSR count). The third kappa shape index (κ3) is 3.40. The first kappa shape index (κ1) is 17.1. The smallest absolute Gasteiger partial charge is 0.325 e. The van der Waals surface area contributed by atoms with Gasteiger partial charge < -0.3 is 9.84 Å². The SMILES string of the molecule is CC[C@H](C)[C@@H]1NC(=O)N(C(C)c2nc(Cc3ccccc3)no2)C1=O. The molecule has 0 aliphatic carbocycles. The van der Waals surface area contributed by atoms with E-state index >= 15 is 0 Å². The highest BCUT2D eigenvalue weighted by Crippen LogP contribution is 2.26. The molecular weight excluding hydrogens is 320 g/mol. The summed E-state index contributed by atoms with van der Waals surface area (Å²) >= 11 is 0. The van der Waals surface area contributed by atoms with Crippen molar-refractivity contribution in [1.82, 2.24) is 20.4 Å². The summed E-state index contributed by atoms with van der Waals surface area (Å²) in [5.41, 5.74) is 1.06. The molecule has 7 heteroatoms. The predicted molar refractivity (Wildman–Crippen MR) is 90.6 cm³/mol. The topological polar surface area (TPSA) is 88.3 Å². The van der Waals surface area contributed by atoms with E-state index in [1.165, 1.54) is 4.90 Å². The van der Waals surface area contributed by atoms with E-state index in [1.54, 1.807) is 6.92 Å². The van der Waals surface area contributed by atoms with Crippen LogP contribution < -0.4 is 5.32 Å². The fourth-order valence-corrected chi connectivity index (χ4v) is 2.90. The minimum Gasteiger partial charge on any atom is -0.337 e. The monoisotopic (exact) mass is 342 g/mol. The molecule has 0 spiro atoms. The van der Waals surface area contributed by atoms with Crippen LogP contribution in [0.4, 0.5) is 4.79 Å². The lowest BCUT2D eigenvalue weighted by molar-refractivity contribution is -0.130. The number of imide groups is 1. The highest BCUT2D eigenvalue weighted by atomic mass is 16.5. The maximum atomic E-state index is 12.6. The van der Waals surface area contributed by atoms with Crippen molar-refractivity contribution in [2.24, 2.45) is 5.92 Å². The minimum atomic E-state index is -0.599. The second-order valence-electron chi connectivity index (χ2n) is 6.41. The summed E-state index contributed by atoms with van der Waals surface area (Å²) in [7, 11) is 0. The average molecular weight is 342 g/mol. The number of benzene rings is 1. The Morgan fingerprint density at radius 3 is 2.64 bits per heavy atom. The van der Waals surface area contributed by atoms with E-state index in [2.05, 4.69) is 15.5 Å². The average Bonchev–Trinajstić information content (AvgIpc) is 3.19. The largest absolute Gasteiger partial charge is 0.337 e. The Bertz CT molecular complexity index is 759. The van der Waals surface area contributed by atoms with Crippen LogP contribution in [-0.2, 0) is 11.2 Å². The quantitative estimate of drug-likeness (QED) is 0.815. The zero-order valence-electron chi connectivity index (χ0n) is 14.6. The molecule has 2 aromatic rings. The molecule has 1 aliphatic heterocycles. The first-order valence-corrected chi connectivity index (χ1v) is 8.51. The summed E-state index contributed by atoms with van der Waals surface area (Å²) in [5, 5.41) is 6.72. The van der Waals surface area contributed by atoms with Crippen LogP contribution in [0.2, 0.25) is 0 Å². The number of carbonyl (C=O) groups is 2. The number of amides is 3. The number of hydrogen-bond acceptors (Lipinski definition) is 5. The van der Waals surface area contributed by atoms with Gasteiger partial charge in [-0.2, -0.15) is 4.98 Å². The summed E-state index contributed by atoms with van der Waals surface area (Å²) < 4.78 is 5.29. The van der Waals surface area contributed by atoms with Crippen molar-refractivity contribution in [3.63, 3.8) is 0 Å². The van der Waals surface area contributed by atoms with Crippen molar-refractivity contribution in [3.05, 3.63) is 47.6 Å². The van der Waals surface area contributed by atoms with Crippen LogP contribution in [0.1, 0.15) is 50.5 Å². The van der Waals surface area contributed by atoms with Gasteiger partial charge in [0.05, 0.1) is 0 Å². The third-order valence-electron chi connectivity index (χ3n) is 4.65. The van der Waals surface area contributed by atoms with Crippen LogP contribution in [-0.4, -0.2) is 33.0 Å². The van der Waals surface area contributed by atoms with Gasteiger partial charge in [-0.1, -0.05) is 55.8 Å². The van der Waals surface area contributed by atoms with Gasteiger partial charge in [-0.15, -0.1) is 0 Å². The lowest BCUT2D eigenvalue weighted by atomic mass is 9.99. The molecule has 132 valence electrons. The van der Waals surface area contributed by atoms with Gasteiger partial charge in [-0.05, 0) is 18.4 Å². The Labute approximate surface area is 146 Å². The molecule has 1 aromatic carbocycles. The Morgan fingerprint density at radius 2 is 1.96 bits per heavy atom. The molecule has 1 aliphatic rings. The molecule has 1 N–H and O–H groups in total. The van der Waals surface area contributed by atoms with Crippen molar-refractivity contribution in [2.45, 2.75) is 45.7 Å². The number of carbonyl (C=O) groups excluding carboxylic acids is 2. The van der Waals surface area contributed by atoms with E-state index < -0.39 is 18.1 Å². The van der Waals surface area contributed by atoms with Gasteiger partial charge in [0.1, 0.15) is 12.1 Å². The molecule has 3 amide bonds. The van der Waals surface area contributed by atoms with Gasteiger partial charge in [0.25, 0.3) is 5.91 Å². The van der Waals surface area contributed by atoms with E-state index in [0.29, 0.717) is 12.2 Å². The lowest BCUT2D eigenvalue weighted by Crippen LogP contribution is -2.36. The molecule has 7 nitrogen and oxygen atoms in total. The molecule has 3 atom stereocenters. The molecule has 0 bridgehead atoms. The molecule has 1 aromatic heterocycles. The van der Waals surface area contributed by atoms with Gasteiger partial charge in [0.2, 0.25) is 5.89 Å². The summed E-state index contributed by atoms with van der Waals surface area (Å²) in [6.45, 7) is 5.65. The van der Waals surface area contributed by atoms with E-state index in [-0.39, 0.29) is 17.7 Å². The maximum Gasteiger partial charge on any atom is 0.325 e. The van der Waals surface area contributed by atoms with E-state index in [9.17, 15) is 9.59 Å². The van der Waals surface area contributed by atoms with Crippen LogP contribution in [0, 0.1) is 5.92 Å². The fraction of sp³-hybridized carbons (Fsp3) is 0.444. The zero-order chi connectivity index (χ0) is 18.0. The Morgan fingerprint density at radius 1 is 1.24 bits per heavy atom. The second kappa shape index (κ2) is 7.04. The van der Waals surface area contributed by atoms with E-state index in [0.717, 1.165) is 12.0 Å². The Balaban J connectivity index is 1.74. The molecule has 0 radical (unpaired) electrons. The third-order valence-corrected chi connectivity index (χ3v) is 4.65. The van der Waals surface area contributed by atoms with Gasteiger partial charge >= 0.3 is 6.03 Å². The van der Waals surface area contributed by atoms with Gasteiger partial charge in [0.15, 0.2) is 5.82 Å². The second-order valence-corrected chi connectivity index (χ2v) is 6.41. The van der Waals surface area contributed by atoms with E-state index in [4.69, 9.17) is 4.52 Å². The fourth-order valence-electron chi connectivity index (χ4n) is 2.90. The van der Waals surface area contributed by atoms with Gasteiger partial charge in [0, 0.05) is 6.42 Å². The summed E-state index contributed by atoms with van der Waals surface area (Å²) in [6.07, 6.45) is 1.34. The summed E-state index contributed by atoms with van der Waals surface area (Å²) in [5.74, 6) is 0.623. The Hall–Kier alpha value is -2.70. The highest BCUT2D eigenvalue weighted by Gasteiger charge is 2.44. The van der Waals surface area contributed by atoms with Crippen LogP contribution in [0.5, 0.6) is 0 Å². The van der Waals surface area contributed by atoms with Crippen molar-refractivity contribution in [1.29, 1.82) is 0 Å². The van der Waals surface area contributed by atoms with Gasteiger partial charge in [-0.3, -0.25) is 9.69 Å². The number of hydrogen-bond donors (Lipinski definition) is 1. The summed E-state index contributed by atoms with van der Waals surface area (Å²) in [4.78, 5) is 30.3. The molecule has 1 fully saturated rings. The number of urea groups is 1. The van der Waals surface area contributed by atoms with Crippen molar-refractivity contribution >= 4 is 11.9 Å². The van der Waals surface area contributed by atoms with Crippen LogP contribution in [0.3, 0.4) is 0 Å². The van der Waals surface area contributed by atoms with Crippen LogP contribution in [0.15, 0.2) is 34.9 Å². The molecule has 25 heavy (non-hydrogen) atoms. The van der Waals surface area contributed by atoms with Crippen molar-refractivity contribution in [3.8, 4) is 0 Å². The number of rotatable bonds is 6. The normalized spacial score (nSPS) is 19.8. The minimum absolute atomic E-state index is 0.0741. The number of nitrogens with one attached hydrogen (secondary N) is 1. The molecule has 2 heterocycles. The molecule has 0 saturated carbocycles. The predicted octanol–water partition coefficient (Wildman–Crippen LogP) is 2.69. The number of aromatic nitrogens is 2. The molecule has 1 unspecified atom stereocenters. The lowest BCUT2D eigenvalue weighted by Gasteiger charge is -2.19. The molecule has 1 saturated heterocycles. The highest BCUT2D eigenvalue weighted by molar-refractivity contribution is 6.04. The maximum absolute atomic E-state index is 12.6.